The Morgan fingerprint density at radius 1 is 0.903 bits per heavy atom. The fourth-order valence-corrected chi connectivity index (χ4v) is 8.64. The van der Waals surface area contributed by atoms with Crippen molar-refractivity contribution in [1.29, 1.82) is 0 Å². The number of fused-ring (bicyclic) bond motifs is 1. The molecule has 0 saturated heterocycles. The third-order valence-corrected chi connectivity index (χ3v) is 9.88. The second kappa shape index (κ2) is 9.15. The topological polar surface area (TPSA) is 21.6 Å². The van der Waals surface area contributed by atoms with Gasteiger partial charge in [0.05, 0.1) is 16.6 Å². The van der Waals surface area contributed by atoms with Crippen LogP contribution in [0, 0.1) is 5.92 Å². The van der Waals surface area contributed by atoms with E-state index in [-0.39, 0.29) is 6.04 Å². The molecule has 2 nitrogen and oxygen atoms in total. The second-order valence-electron chi connectivity index (χ2n) is 8.44. The summed E-state index contributed by atoms with van der Waals surface area (Å²) >= 11 is 6.49. The van der Waals surface area contributed by atoms with Gasteiger partial charge in [0.25, 0.3) is 0 Å². The Labute approximate surface area is 191 Å². The largest absolute Gasteiger partial charge is 0.473 e. The smallest absolute Gasteiger partial charge is 0.218 e. The van der Waals surface area contributed by atoms with Crippen molar-refractivity contribution < 1.29 is 4.74 Å². The summed E-state index contributed by atoms with van der Waals surface area (Å²) in [7, 11) is -0.437. The molecule has 0 spiro atoms. The molecule has 3 aromatic rings. The van der Waals surface area contributed by atoms with Crippen molar-refractivity contribution >= 4 is 36.0 Å². The van der Waals surface area contributed by atoms with Crippen molar-refractivity contribution in [3.8, 4) is 0 Å². The van der Waals surface area contributed by atoms with Crippen molar-refractivity contribution in [2.75, 3.05) is 0 Å². The monoisotopic (exact) mass is 447 g/mol. The zero-order valence-electron chi connectivity index (χ0n) is 17.7. The van der Waals surface area contributed by atoms with Gasteiger partial charge in [-0.15, -0.1) is 0 Å². The standard InChI is InChI=1S/C27H27ClNOP/c1-19(29-27-26-20(18-30-27)10-8-16-24(26)28)23-15-9-17-25(23)31(21-11-4-2-5-12-21)22-13-6-3-7-14-22/h2-8,10-14,16,19,23,25H,9,15,17-18H2,1H3/t19-,23?,25?/m1/s1. The molecule has 3 atom stereocenters. The van der Waals surface area contributed by atoms with Gasteiger partial charge in [0.2, 0.25) is 5.90 Å². The van der Waals surface area contributed by atoms with E-state index in [1.54, 1.807) is 0 Å². The van der Waals surface area contributed by atoms with E-state index < -0.39 is 7.92 Å². The average molecular weight is 448 g/mol. The third kappa shape index (κ3) is 4.16. The zero-order chi connectivity index (χ0) is 21.2. The van der Waals surface area contributed by atoms with Gasteiger partial charge in [-0.3, -0.25) is 0 Å². The number of nitrogens with zero attached hydrogens (tertiary/aromatic N) is 1. The highest BCUT2D eigenvalue weighted by Crippen LogP contribution is 2.51. The van der Waals surface area contributed by atoms with Crippen LogP contribution in [0.4, 0.5) is 0 Å². The predicted molar refractivity (Wildman–Crippen MR) is 132 cm³/mol. The summed E-state index contributed by atoms with van der Waals surface area (Å²) in [5.41, 5.74) is 2.74. The summed E-state index contributed by atoms with van der Waals surface area (Å²) in [4.78, 5) is 5.10. The van der Waals surface area contributed by atoms with Crippen LogP contribution in [0.1, 0.15) is 37.3 Å². The first kappa shape index (κ1) is 20.7. The number of ether oxygens (including phenoxy) is 1. The SMILES string of the molecule is C[C@@H](N=C1OCc2cccc(Cl)c21)C1CCCC1P(c1ccccc1)c1ccccc1. The lowest BCUT2D eigenvalue weighted by atomic mass is 9.99. The summed E-state index contributed by atoms with van der Waals surface area (Å²) in [6.45, 7) is 2.83. The van der Waals surface area contributed by atoms with E-state index in [1.807, 2.05) is 12.1 Å². The van der Waals surface area contributed by atoms with E-state index in [2.05, 4.69) is 73.7 Å². The minimum absolute atomic E-state index is 0.196. The van der Waals surface area contributed by atoms with Crippen LogP contribution in [0.15, 0.2) is 83.9 Å². The molecule has 1 aliphatic heterocycles. The molecule has 31 heavy (non-hydrogen) atoms. The van der Waals surface area contributed by atoms with Crippen LogP contribution < -0.4 is 10.6 Å². The Balaban J connectivity index is 1.48. The number of hydrogen-bond acceptors (Lipinski definition) is 2. The number of benzene rings is 3. The molecule has 1 saturated carbocycles. The quantitative estimate of drug-likeness (QED) is 0.420. The van der Waals surface area contributed by atoms with Gasteiger partial charge >= 0.3 is 0 Å². The summed E-state index contributed by atoms with van der Waals surface area (Å²) in [5.74, 6) is 1.26. The van der Waals surface area contributed by atoms with Crippen LogP contribution in [0.2, 0.25) is 5.02 Å². The molecule has 0 radical (unpaired) electrons. The highest BCUT2D eigenvalue weighted by atomic mass is 35.5. The zero-order valence-corrected chi connectivity index (χ0v) is 19.4. The molecule has 5 rings (SSSR count). The first-order valence-corrected chi connectivity index (χ1v) is 12.9. The van der Waals surface area contributed by atoms with Gasteiger partial charge in [-0.2, -0.15) is 0 Å². The normalized spacial score (nSPS) is 22.5. The molecule has 2 aliphatic rings. The van der Waals surface area contributed by atoms with Gasteiger partial charge in [-0.25, -0.2) is 4.99 Å². The number of hydrogen-bond donors (Lipinski definition) is 0. The Bertz CT molecular complexity index is 1030. The lowest BCUT2D eigenvalue weighted by Gasteiger charge is -2.32. The van der Waals surface area contributed by atoms with E-state index >= 15 is 0 Å². The van der Waals surface area contributed by atoms with Crippen LogP contribution in [-0.2, 0) is 11.3 Å². The van der Waals surface area contributed by atoms with E-state index in [9.17, 15) is 0 Å². The van der Waals surface area contributed by atoms with E-state index in [0.717, 1.165) is 22.0 Å². The fourth-order valence-electron chi connectivity index (χ4n) is 5.09. The Hall–Kier alpha value is -2.15. The second-order valence-corrected chi connectivity index (χ2v) is 11.3. The molecule has 0 bridgehead atoms. The van der Waals surface area contributed by atoms with Gasteiger partial charge in [-0.1, -0.05) is 90.8 Å². The van der Waals surface area contributed by atoms with Crippen molar-refractivity contribution in [3.05, 3.63) is 95.0 Å². The number of halogens is 1. The molecular weight excluding hydrogens is 421 g/mol. The van der Waals surface area contributed by atoms with E-state index in [1.165, 1.54) is 29.9 Å². The van der Waals surface area contributed by atoms with Crippen molar-refractivity contribution in [3.63, 3.8) is 0 Å². The van der Waals surface area contributed by atoms with Gasteiger partial charge in [-0.05, 0) is 55.9 Å². The average Bonchev–Trinajstić information content (AvgIpc) is 3.44. The van der Waals surface area contributed by atoms with Gasteiger partial charge < -0.3 is 4.74 Å². The molecule has 1 aliphatic carbocycles. The Kier molecular flexibility index (Phi) is 6.12. The lowest BCUT2D eigenvalue weighted by molar-refractivity contribution is 0.307. The Morgan fingerprint density at radius 2 is 1.58 bits per heavy atom. The molecule has 0 amide bonds. The van der Waals surface area contributed by atoms with Gasteiger partial charge in [0.1, 0.15) is 6.61 Å². The maximum Gasteiger partial charge on any atom is 0.218 e. The van der Waals surface area contributed by atoms with Crippen LogP contribution in [0.3, 0.4) is 0 Å². The number of aliphatic imine (C=N–C) groups is 1. The maximum atomic E-state index is 6.49. The molecule has 1 heterocycles. The summed E-state index contributed by atoms with van der Waals surface area (Å²) in [6.07, 6.45) is 3.74. The molecule has 4 heteroatoms. The number of rotatable bonds is 5. The minimum Gasteiger partial charge on any atom is -0.473 e. The first-order chi connectivity index (χ1) is 15.2. The highest BCUT2D eigenvalue weighted by molar-refractivity contribution is 7.73. The van der Waals surface area contributed by atoms with Gasteiger partial charge in [0, 0.05) is 5.56 Å². The summed E-state index contributed by atoms with van der Waals surface area (Å²) < 4.78 is 5.97. The molecule has 3 aromatic carbocycles. The first-order valence-electron chi connectivity index (χ1n) is 11.1. The molecule has 0 aromatic heterocycles. The molecule has 158 valence electrons. The van der Waals surface area contributed by atoms with E-state index in [4.69, 9.17) is 21.3 Å². The van der Waals surface area contributed by atoms with Crippen LogP contribution in [-0.4, -0.2) is 17.6 Å². The minimum atomic E-state index is -0.437. The maximum absolute atomic E-state index is 6.49. The highest BCUT2D eigenvalue weighted by Gasteiger charge is 2.38. The van der Waals surface area contributed by atoms with Crippen molar-refractivity contribution in [2.24, 2.45) is 10.9 Å². The van der Waals surface area contributed by atoms with Crippen molar-refractivity contribution in [2.45, 2.75) is 44.5 Å². The van der Waals surface area contributed by atoms with Crippen molar-refractivity contribution in [1.82, 2.24) is 0 Å². The Morgan fingerprint density at radius 3 is 2.26 bits per heavy atom. The molecule has 1 fully saturated rings. The summed E-state index contributed by atoms with van der Waals surface area (Å²) in [5, 5.41) is 3.66. The lowest BCUT2D eigenvalue weighted by Crippen LogP contribution is -2.30. The predicted octanol–water partition coefficient (Wildman–Crippen LogP) is 6.31. The molecule has 2 unspecified atom stereocenters. The van der Waals surface area contributed by atoms with E-state index in [0.29, 0.717) is 18.2 Å². The van der Waals surface area contributed by atoms with Crippen LogP contribution in [0.25, 0.3) is 0 Å². The van der Waals surface area contributed by atoms with Gasteiger partial charge in [0.15, 0.2) is 0 Å². The van der Waals surface area contributed by atoms with Crippen LogP contribution >= 0.6 is 19.5 Å². The fraction of sp³-hybridized carbons (Fsp3) is 0.296. The molecule has 0 N–H and O–H groups in total. The third-order valence-electron chi connectivity index (χ3n) is 6.55. The molecular formula is C27H27ClNOP. The van der Waals surface area contributed by atoms with Crippen LogP contribution in [0.5, 0.6) is 0 Å². The summed E-state index contributed by atoms with van der Waals surface area (Å²) in [6, 6.07) is 28.3.